The first-order chi connectivity index (χ1) is 6.73. The molecule has 2 unspecified atom stereocenters. The first-order valence-corrected chi connectivity index (χ1v) is 5.33. The van der Waals surface area contributed by atoms with E-state index >= 15 is 0 Å². The number of hydrogen-bond donors (Lipinski definition) is 0. The van der Waals surface area contributed by atoms with Gasteiger partial charge in [-0.05, 0) is 30.0 Å². The number of carbonyl (C=O) groups is 1. The van der Waals surface area contributed by atoms with Crippen LogP contribution in [0.15, 0.2) is 24.3 Å². The van der Waals surface area contributed by atoms with Crippen molar-refractivity contribution in [3.05, 3.63) is 34.9 Å². The van der Waals surface area contributed by atoms with Crippen molar-refractivity contribution in [3.63, 3.8) is 0 Å². The van der Waals surface area contributed by atoms with E-state index < -0.39 is 0 Å². The van der Waals surface area contributed by atoms with Gasteiger partial charge in [0.25, 0.3) is 0 Å². The molecule has 1 aromatic carbocycles. The van der Waals surface area contributed by atoms with E-state index in [0.29, 0.717) is 5.92 Å². The van der Waals surface area contributed by atoms with Gasteiger partial charge in [-0.2, -0.15) is 0 Å². The van der Waals surface area contributed by atoms with Crippen LogP contribution < -0.4 is 0 Å². The number of aldehydes is 1. The molecule has 2 rings (SSSR count). The molecule has 0 heterocycles. The highest BCUT2D eigenvalue weighted by Gasteiger charge is 2.54. The molecular weight excluding hydrogens is 196 g/mol. The van der Waals surface area contributed by atoms with Crippen LogP contribution in [0, 0.1) is 5.92 Å². The minimum Gasteiger partial charge on any atom is -0.302 e. The summed E-state index contributed by atoms with van der Waals surface area (Å²) in [4.78, 5) is 11.1. The molecule has 1 saturated carbocycles. The van der Waals surface area contributed by atoms with Crippen molar-refractivity contribution in [1.82, 2.24) is 0 Å². The van der Waals surface area contributed by atoms with Crippen molar-refractivity contribution in [2.45, 2.75) is 25.2 Å². The monoisotopic (exact) mass is 208 g/mol. The summed E-state index contributed by atoms with van der Waals surface area (Å²) in [5.41, 5.74) is 0.919. The number of halogens is 1. The van der Waals surface area contributed by atoms with E-state index in [1.165, 1.54) is 0 Å². The molecule has 2 heteroatoms. The molecule has 2 atom stereocenters. The predicted octanol–water partition coefficient (Wildman–Crippen LogP) is 3.21. The summed E-state index contributed by atoms with van der Waals surface area (Å²) in [5, 5.41) is 0.725. The zero-order chi connectivity index (χ0) is 10.2. The Morgan fingerprint density at radius 1 is 1.50 bits per heavy atom. The van der Waals surface area contributed by atoms with Crippen LogP contribution in [0.25, 0.3) is 0 Å². The molecule has 0 aliphatic heterocycles. The van der Waals surface area contributed by atoms with Gasteiger partial charge in [0.2, 0.25) is 0 Å². The lowest BCUT2D eigenvalue weighted by Gasteiger charge is -2.09. The lowest BCUT2D eigenvalue weighted by atomic mass is 9.94. The molecule has 0 N–H and O–H groups in total. The Morgan fingerprint density at radius 2 is 2.14 bits per heavy atom. The maximum atomic E-state index is 11.1. The fourth-order valence-electron chi connectivity index (χ4n) is 2.18. The van der Waals surface area contributed by atoms with E-state index in [1.54, 1.807) is 0 Å². The van der Waals surface area contributed by atoms with Gasteiger partial charge in [-0.25, -0.2) is 0 Å². The zero-order valence-corrected chi connectivity index (χ0v) is 8.92. The summed E-state index contributed by atoms with van der Waals surface area (Å²) >= 11 is 5.81. The predicted molar refractivity (Wildman–Crippen MR) is 57.6 cm³/mol. The van der Waals surface area contributed by atoms with Crippen LogP contribution in [-0.2, 0) is 10.2 Å². The Bertz CT molecular complexity index is 344. The molecule has 1 nitrogen and oxygen atoms in total. The van der Waals surface area contributed by atoms with Crippen LogP contribution in [0.3, 0.4) is 0 Å². The summed E-state index contributed by atoms with van der Waals surface area (Å²) in [6.45, 7) is 2.13. The standard InChI is InChI=1S/C12H13ClO/c1-2-9-7-12(9,8-14)10-3-5-11(13)6-4-10/h3-6,8-9H,2,7H2,1H3. The number of benzene rings is 1. The fraction of sp³-hybridized carbons (Fsp3) is 0.417. The van der Waals surface area contributed by atoms with Gasteiger partial charge in [-0.1, -0.05) is 37.1 Å². The van der Waals surface area contributed by atoms with E-state index in [0.717, 1.165) is 29.7 Å². The van der Waals surface area contributed by atoms with Crippen molar-refractivity contribution in [2.75, 3.05) is 0 Å². The molecule has 0 bridgehead atoms. The van der Waals surface area contributed by atoms with Crippen molar-refractivity contribution < 1.29 is 4.79 Å². The summed E-state index contributed by atoms with van der Waals surface area (Å²) in [5.74, 6) is 0.529. The normalized spacial score (nSPS) is 30.0. The first kappa shape index (κ1) is 9.72. The zero-order valence-electron chi connectivity index (χ0n) is 8.16. The molecule has 0 aromatic heterocycles. The first-order valence-electron chi connectivity index (χ1n) is 4.95. The summed E-state index contributed by atoms with van der Waals surface area (Å²) in [6.07, 6.45) is 3.17. The average Bonchev–Trinajstić information content (AvgIpc) is 2.94. The van der Waals surface area contributed by atoms with Gasteiger partial charge in [0, 0.05) is 5.02 Å². The number of rotatable bonds is 3. The van der Waals surface area contributed by atoms with Crippen LogP contribution >= 0.6 is 11.6 Å². The van der Waals surface area contributed by atoms with E-state index in [2.05, 4.69) is 6.92 Å². The molecule has 0 saturated heterocycles. The topological polar surface area (TPSA) is 17.1 Å². The van der Waals surface area contributed by atoms with E-state index in [4.69, 9.17) is 11.6 Å². The second kappa shape index (κ2) is 3.39. The van der Waals surface area contributed by atoms with E-state index in [1.807, 2.05) is 24.3 Å². The van der Waals surface area contributed by atoms with E-state index in [9.17, 15) is 4.79 Å². The molecule has 0 spiro atoms. The van der Waals surface area contributed by atoms with Crippen molar-refractivity contribution in [1.29, 1.82) is 0 Å². The smallest absolute Gasteiger partial charge is 0.130 e. The average molecular weight is 209 g/mol. The minimum absolute atomic E-state index is 0.195. The molecule has 0 amide bonds. The van der Waals surface area contributed by atoms with Crippen LogP contribution in [0.4, 0.5) is 0 Å². The maximum Gasteiger partial charge on any atom is 0.130 e. The Labute approximate surface area is 89.1 Å². The van der Waals surface area contributed by atoms with Crippen molar-refractivity contribution >= 4 is 17.9 Å². The van der Waals surface area contributed by atoms with Crippen LogP contribution in [0.1, 0.15) is 25.3 Å². The minimum atomic E-state index is -0.195. The molecule has 14 heavy (non-hydrogen) atoms. The lowest BCUT2D eigenvalue weighted by Crippen LogP contribution is -2.11. The summed E-state index contributed by atoms with van der Waals surface area (Å²) in [6, 6.07) is 7.64. The van der Waals surface area contributed by atoms with Crippen LogP contribution in [0.5, 0.6) is 0 Å². The Balaban J connectivity index is 2.30. The Hall–Kier alpha value is -0.820. The SMILES string of the molecule is CCC1CC1(C=O)c1ccc(Cl)cc1. The molecule has 1 aliphatic rings. The molecular formula is C12H13ClO. The second-order valence-electron chi connectivity index (χ2n) is 3.97. The summed E-state index contributed by atoms with van der Waals surface area (Å²) in [7, 11) is 0. The third kappa shape index (κ3) is 1.36. The third-order valence-corrected chi connectivity index (χ3v) is 3.49. The van der Waals surface area contributed by atoms with Crippen LogP contribution in [0.2, 0.25) is 5.02 Å². The fourth-order valence-corrected chi connectivity index (χ4v) is 2.31. The molecule has 1 fully saturated rings. The van der Waals surface area contributed by atoms with Gasteiger partial charge >= 0.3 is 0 Å². The highest BCUT2D eigenvalue weighted by Crippen LogP contribution is 2.54. The number of hydrogen-bond acceptors (Lipinski definition) is 1. The van der Waals surface area contributed by atoms with Gasteiger partial charge in [-0.15, -0.1) is 0 Å². The maximum absolute atomic E-state index is 11.1. The molecule has 0 radical (unpaired) electrons. The van der Waals surface area contributed by atoms with E-state index in [-0.39, 0.29) is 5.41 Å². The highest BCUT2D eigenvalue weighted by atomic mass is 35.5. The van der Waals surface area contributed by atoms with Crippen LogP contribution in [-0.4, -0.2) is 6.29 Å². The van der Waals surface area contributed by atoms with Gasteiger partial charge in [-0.3, -0.25) is 0 Å². The summed E-state index contributed by atoms with van der Waals surface area (Å²) < 4.78 is 0. The molecule has 74 valence electrons. The number of carbonyl (C=O) groups excluding carboxylic acids is 1. The quantitative estimate of drug-likeness (QED) is 0.698. The van der Waals surface area contributed by atoms with Gasteiger partial charge < -0.3 is 4.79 Å². The Kier molecular flexibility index (Phi) is 2.36. The molecule has 1 aromatic rings. The lowest BCUT2D eigenvalue weighted by molar-refractivity contribution is -0.110. The molecule has 1 aliphatic carbocycles. The van der Waals surface area contributed by atoms with Gasteiger partial charge in [0.1, 0.15) is 6.29 Å². The highest BCUT2D eigenvalue weighted by molar-refractivity contribution is 6.30. The Morgan fingerprint density at radius 3 is 2.57 bits per heavy atom. The van der Waals surface area contributed by atoms with Crippen molar-refractivity contribution in [2.24, 2.45) is 5.92 Å². The van der Waals surface area contributed by atoms with Gasteiger partial charge in [0.15, 0.2) is 0 Å². The third-order valence-electron chi connectivity index (χ3n) is 3.24. The largest absolute Gasteiger partial charge is 0.302 e. The van der Waals surface area contributed by atoms with Crippen molar-refractivity contribution in [3.8, 4) is 0 Å². The van der Waals surface area contributed by atoms with Gasteiger partial charge in [0.05, 0.1) is 5.41 Å². The second-order valence-corrected chi connectivity index (χ2v) is 4.41.